The predicted octanol–water partition coefficient (Wildman–Crippen LogP) is 3.94. The monoisotopic (exact) mass is 379 g/mol. The van der Waals surface area contributed by atoms with Gasteiger partial charge in [0.25, 0.3) is 0 Å². The number of hydrogen-bond acceptors (Lipinski definition) is 6. The van der Waals surface area contributed by atoms with Crippen LogP contribution in [0, 0.1) is 0 Å². The lowest BCUT2D eigenvalue weighted by Gasteiger charge is -2.30. The van der Waals surface area contributed by atoms with Crippen LogP contribution < -0.4 is 10.6 Å². The van der Waals surface area contributed by atoms with E-state index in [2.05, 4.69) is 58.2 Å². The second-order valence-electron chi connectivity index (χ2n) is 7.28. The molecular formula is C21H29N7. The first-order chi connectivity index (χ1) is 13.5. The number of hydrogen-bond donors (Lipinski definition) is 2. The maximum atomic E-state index is 4.32. The molecule has 148 valence electrons. The molecule has 0 spiro atoms. The average Bonchev–Trinajstić information content (AvgIpc) is 3.20. The van der Waals surface area contributed by atoms with Gasteiger partial charge in [0, 0.05) is 55.0 Å². The minimum absolute atomic E-state index is 0.523. The molecule has 0 atom stereocenters. The predicted molar refractivity (Wildman–Crippen MR) is 114 cm³/mol. The molecule has 0 aliphatic heterocycles. The van der Waals surface area contributed by atoms with E-state index in [0.29, 0.717) is 12.1 Å². The summed E-state index contributed by atoms with van der Waals surface area (Å²) < 4.78 is 1.97. The van der Waals surface area contributed by atoms with Crippen molar-refractivity contribution in [2.75, 3.05) is 23.7 Å². The maximum absolute atomic E-state index is 4.32. The lowest BCUT2D eigenvalue weighted by Crippen LogP contribution is -2.40. The zero-order valence-electron chi connectivity index (χ0n) is 17.0. The van der Waals surface area contributed by atoms with Gasteiger partial charge in [-0.15, -0.1) is 0 Å². The molecule has 0 aliphatic rings. The molecule has 0 amide bonds. The zero-order valence-corrected chi connectivity index (χ0v) is 17.0. The van der Waals surface area contributed by atoms with Gasteiger partial charge in [-0.05, 0) is 52.0 Å². The summed E-state index contributed by atoms with van der Waals surface area (Å²) in [5, 5.41) is 6.72. The molecule has 7 heteroatoms. The first kappa shape index (κ1) is 19.8. The van der Waals surface area contributed by atoms with Crippen LogP contribution in [-0.4, -0.2) is 49.6 Å². The van der Waals surface area contributed by atoms with Gasteiger partial charge in [0.2, 0.25) is 0 Å². The van der Waals surface area contributed by atoms with Gasteiger partial charge in [-0.2, -0.15) is 0 Å². The van der Waals surface area contributed by atoms with Gasteiger partial charge in [0.1, 0.15) is 18.0 Å². The normalized spacial score (nSPS) is 11.4. The number of benzene rings is 1. The third kappa shape index (κ3) is 5.29. The lowest BCUT2D eigenvalue weighted by molar-refractivity contribution is 0.182. The molecule has 0 unspecified atom stereocenters. The Morgan fingerprint density at radius 2 is 1.71 bits per heavy atom. The van der Waals surface area contributed by atoms with E-state index in [-0.39, 0.29) is 0 Å². The summed E-state index contributed by atoms with van der Waals surface area (Å²) in [5.41, 5.74) is 2.03. The summed E-state index contributed by atoms with van der Waals surface area (Å²) in [6.07, 6.45) is 7.05. The number of aromatic nitrogens is 4. The molecule has 0 bridgehead atoms. The first-order valence-electron chi connectivity index (χ1n) is 9.70. The Morgan fingerprint density at radius 3 is 2.36 bits per heavy atom. The number of nitrogens with one attached hydrogen (secondary N) is 2. The molecule has 28 heavy (non-hydrogen) atoms. The van der Waals surface area contributed by atoms with Crippen molar-refractivity contribution in [3.63, 3.8) is 0 Å². The summed E-state index contributed by atoms with van der Waals surface area (Å²) in [7, 11) is 0. The topological polar surface area (TPSA) is 70.9 Å². The molecule has 0 saturated heterocycles. The molecular weight excluding hydrogens is 350 g/mol. The molecule has 1 aromatic carbocycles. The van der Waals surface area contributed by atoms with Gasteiger partial charge in [0.05, 0.1) is 6.33 Å². The summed E-state index contributed by atoms with van der Waals surface area (Å²) in [6, 6.07) is 11.1. The lowest BCUT2D eigenvalue weighted by atomic mass is 10.2. The van der Waals surface area contributed by atoms with Gasteiger partial charge < -0.3 is 15.2 Å². The number of rotatable bonds is 9. The molecule has 3 aromatic rings. The quantitative estimate of drug-likeness (QED) is 0.587. The molecule has 0 saturated carbocycles. The van der Waals surface area contributed by atoms with E-state index in [9.17, 15) is 0 Å². The molecule has 0 radical (unpaired) electrons. The fraction of sp³-hybridized carbons (Fsp3) is 0.381. The van der Waals surface area contributed by atoms with E-state index >= 15 is 0 Å². The maximum Gasteiger partial charge on any atom is 0.135 e. The van der Waals surface area contributed by atoms with Gasteiger partial charge in [-0.1, -0.05) is 0 Å². The van der Waals surface area contributed by atoms with Gasteiger partial charge >= 0.3 is 0 Å². The number of anilines is 3. The molecule has 2 aromatic heterocycles. The van der Waals surface area contributed by atoms with Crippen LogP contribution in [0.3, 0.4) is 0 Å². The van der Waals surface area contributed by atoms with E-state index in [1.54, 1.807) is 18.9 Å². The van der Waals surface area contributed by atoms with Crippen molar-refractivity contribution < 1.29 is 0 Å². The van der Waals surface area contributed by atoms with Crippen molar-refractivity contribution >= 4 is 17.3 Å². The van der Waals surface area contributed by atoms with Crippen molar-refractivity contribution in [2.24, 2.45) is 0 Å². The summed E-state index contributed by atoms with van der Waals surface area (Å²) >= 11 is 0. The highest BCUT2D eigenvalue weighted by Gasteiger charge is 2.12. The van der Waals surface area contributed by atoms with Crippen LogP contribution in [0.25, 0.3) is 5.69 Å². The Kier molecular flexibility index (Phi) is 6.60. The van der Waals surface area contributed by atoms with Gasteiger partial charge in [-0.25, -0.2) is 15.0 Å². The third-order valence-corrected chi connectivity index (χ3v) is 4.61. The fourth-order valence-electron chi connectivity index (χ4n) is 3.22. The van der Waals surface area contributed by atoms with Crippen LogP contribution >= 0.6 is 0 Å². The second kappa shape index (κ2) is 9.32. The average molecular weight is 380 g/mol. The van der Waals surface area contributed by atoms with Crippen LogP contribution in [0.15, 0.2) is 55.4 Å². The molecule has 2 heterocycles. The standard InChI is InChI=1S/C21H29N7/c1-16(2)28(17(3)4)12-10-23-20-13-21(25-14-24-20)26-18-5-7-19(8-6-18)27-11-9-22-15-27/h5-9,11,13-17H,10,12H2,1-4H3,(H2,23,24,25,26). The van der Waals surface area contributed by atoms with Gasteiger partial charge in [0.15, 0.2) is 0 Å². The fourth-order valence-corrected chi connectivity index (χ4v) is 3.22. The Bertz CT molecular complexity index is 833. The zero-order chi connectivity index (χ0) is 19.9. The largest absolute Gasteiger partial charge is 0.369 e. The SMILES string of the molecule is CC(C)N(CCNc1cc(Nc2ccc(-n3ccnc3)cc2)ncn1)C(C)C. The van der Waals surface area contributed by atoms with E-state index < -0.39 is 0 Å². The smallest absolute Gasteiger partial charge is 0.135 e. The first-order valence-corrected chi connectivity index (χ1v) is 9.70. The van der Waals surface area contributed by atoms with Crippen molar-refractivity contribution in [1.29, 1.82) is 0 Å². The Labute approximate surface area is 166 Å². The molecule has 2 N–H and O–H groups in total. The minimum atomic E-state index is 0.523. The van der Waals surface area contributed by atoms with E-state index in [1.807, 2.05) is 41.1 Å². The Hall–Kier alpha value is -2.93. The Balaban J connectivity index is 1.57. The highest BCUT2D eigenvalue weighted by atomic mass is 15.2. The summed E-state index contributed by atoms with van der Waals surface area (Å²) in [4.78, 5) is 15.2. The van der Waals surface area contributed by atoms with E-state index in [0.717, 1.165) is 36.1 Å². The van der Waals surface area contributed by atoms with Crippen molar-refractivity contribution in [3.8, 4) is 5.69 Å². The molecule has 7 nitrogen and oxygen atoms in total. The molecule has 0 fully saturated rings. The van der Waals surface area contributed by atoms with Crippen molar-refractivity contribution in [3.05, 3.63) is 55.4 Å². The van der Waals surface area contributed by atoms with Gasteiger partial charge in [-0.3, -0.25) is 4.90 Å². The van der Waals surface area contributed by atoms with E-state index in [4.69, 9.17) is 0 Å². The van der Waals surface area contributed by atoms with E-state index in [1.165, 1.54) is 0 Å². The van der Waals surface area contributed by atoms with Crippen LogP contribution in [0.1, 0.15) is 27.7 Å². The molecule has 0 aliphatic carbocycles. The van der Waals surface area contributed by atoms with Crippen molar-refractivity contribution in [1.82, 2.24) is 24.4 Å². The number of nitrogens with zero attached hydrogens (tertiary/aromatic N) is 5. The van der Waals surface area contributed by atoms with Crippen LogP contribution in [0.4, 0.5) is 17.3 Å². The van der Waals surface area contributed by atoms with Crippen LogP contribution in [0.5, 0.6) is 0 Å². The molecule has 3 rings (SSSR count). The summed E-state index contributed by atoms with van der Waals surface area (Å²) in [6.45, 7) is 10.7. The summed E-state index contributed by atoms with van der Waals surface area (Å²) in [5.74, 6) is 1.58. The third-order valence-electron chi connectivity index (χ3n) is 4.61. The number of imidazole rings is 1. The van der Waals surface area contributed by atoms with Crippen molar-refractivity contribution in [2.45, 2.75) is 39.8 Å². The highest BCUT2D eigenvalue weighted by Crippen LogP contribution is 2.18. The minimum Gasteiger partial charge on any atom is -0.369 e. The van der Waals surface area contributed by atoms with Crippen LogP contribution in [-0.2, 0) is 0 Å². The van der Waals surface area contributed by atoms with Crippen LogP contribution in [0.2, 0.25) is 0 Å². The Morgan fingerprint density at radius 1 is 1.00 bits per heavy atom. The second-order valence-corrected chi connectivity index (χ2v) is 7.28. The highest BCUT2D eigenvalue weighted by molar-refractivity contribution is 5.60.